The fourth-order valence-electron chi connectivity index (χ4n) is 2.79. The molecule has 1 atom stereocenters. The van der Waals surface area contributed by atoms with Crippen molar-refractivity contribution in [2.45, 2.75) is 25.3 Å². The zero-order valence-corrected chi connectivity index (χ0v) is 13.8. The molecule has 2 heterocycles. The summed E-state index contributed by atoms with van der Waals surface area (Å²) in [7, 11) is 0. The van der Waals surface area contributed by atoms with Gasteiger partial charge in [-0.25, -0.2) is 4.98 Å². The summed E-state index contributed by atoms with van der Waals surface area (Å²) in [6, 6.07) is 7.10. The van der Waals surface area contributed by atoms with Gasteiger partial charge in [-0.1, -0.05) is 29.8 Å². The van der Waals surface area contributed by atoms with Gasteiger partial charge < -0.3 is 10.0 Å². The van der Waals surface area contributed by atoms with Crippen molar-refractivity contribution in [1.82, 2.24) is 9.88 Å². The fraction of sp³-hybridized carbons (Fsp3) is 0.312. The van der Waals surface area contributed by atoms with Gasteiger partial charge in [-0.3, -0.25) is 9.59 Å². The van der Waals surface area contributed by atoms with Crippen molar-refractivity contribution in [3.05, 3.63) is 40.4 Å². The third kappa shape index (κ3) is 3.38. The molecule has 1 saturated heterocycles. The number of nitrogens with zero attached hydrogens (tertiary/aromatic N) is 2. The second-order valence-electron chi connectivity index (χ2n) is 5.41. The van der Waals surface area contributed by atoms with Gasteiger partial charge in [-0.05, 0) is 18.9 Å². The molecule has 1 aliphatic rings. The van der Waals surface area contributed by atoms with Gasteiger partial charge in [-0.2, -0.15) is 0 Å². The fourth-order valence-corrected chi connectivity index (χ4v) is 3.91. The molecule has 1 aromatic heterocycles. The molecular weight excluding hydrogens is 336 g/mol. The summed E-state index contributed by atoms with van der Waals surface area (Å²) in [5, 5.41) is 11.9. The molecule has 0 bridgehead atoms. The highest BCUT2D eigenvalue weighted by Crippen LogP contribution is 2.31. The van der Waals surface area contributed by atoms with Crippen LogP contribution in [0.5, 0.6) is 0 Å². The van der Waals surface area contributed by atoms with Gasteiger partial charge in [0.2, 0.25) is 0 Å². The van der Waals surface area contributed by atoms with Gasteiger partial charge in [-0.15, -0.1) is 11.3 Å². The van der Waals surface area contributed by atoms with Gasteiger partial charge in [0.15, 0.2) is 0 Å². The maximum Gasteiger partial charge on any atom is 0.305 e. The first kappa shape index (κ1) is 16.0. The lowest BCUT2D eigenvalue weighted by Gasteiger charge is -2.22. The standard InChI is InChI=1S/C16H15ClN2O3S/c17-12-6-2-1-5-11(12)15-18-13(9-23-15)16(22)19-7-3-4-10(19)8-14(20)21/h1-2,5-6,9-10H,3-4,7-8H2,(H,20,21). The first-order chi connectivity index (χ1) is 11.1. The quantitative estimate of drug-likeness (QED) is 0.915. The lowest BCUT2D eigenvalue weighted by atomic mass is 10.1. The second kappa shape index (κ2) is 6.68. The van der Waals surface area contributed by atoms with E-state index in [4.69, 9.17) is 16.7 Å². The molecule has 1 aliphatic heterocycles. The number of aliphatic carboxylic acids is 1. The Morgan fingerprint density at radius 1 is 1.39 bits per heavy atom. The van der Waals surface area contributed by atoms with Crippen molar-refractivity contribution >= 4 is 34.8 Å². The summed E-state index contributed by atoms with van der Waals surface area (Å²) in [6.45, 7) is 0.579. The minimum absolute atomic E-state index is 0.0206. The van der Waals surface area contributed by atoms with Crippen molar-refractivity contribution in [1.29, 1.82) is 0 Å². The van der Waals surface area contributed by atoms with Gasteiger partial charge in [0.1, 0.15) is 10.7 Å². The van der Waals surface area contributed by atoms with E-state index in [0.29, 0.717) is 22.3 Å². The minimum Gasteiger partial charge on any atom is -0.481 e. The van der Waals surface area contributed by atoms with Crippen LogP contribution >= 0.6 is 22.9 Å². The molecule has 5 nitrogen and oxygen atoms in total. The predicted molar refractivity (Wildman–Crippen MR) is 88.9 cm³/mol. The summed E-state index contributed by atoms with van der Waals surface area (Å²) < 4.78 is 0. The van der Waals surface area contributed by atoms with Gasteiger partial charge in [0.25, 0.3) is 5.91 Å². The maximum absolute atomic E-state index is 12.6. The Bertz CT molecular complexity index is 746. The van der Waals surface area contributed by atoms with E-state index in [1.54, 1.807) is 16.3 Å². The van der Waals surface area contributed by atoms with E-state index in [2.05, 4.69) is 4.98 Å². The van der Waals surface area contributed by atoms with Gasteiger partial charge in [0, 0.05) is 23.5 Å². The third-order valence-corrected chi connectivity index (χ3v) is 5.08. The number of hydrogen-bond acceptors (Lipinski definition) is 4. The van der Waals surface area contributed by atoms with Crippen LogP contribution in [0.25, 0.3) is 10.6 Å². The van der Waals surface area contributed by atoms with E-state index >= 15 is 0 Å². The van der Waals surface area contributed by atoms with Crippen LogP contribution in [0, 0.1) is 0 Å². The first-order valence-electron chi connectivity index (χ1n) is 7.29. The molecule has 120 valence electrons. The van der Waals surface area contributed by atoms with Gasteiger partial charge >= 0.3 is 5.97 Å². The number of carbonyl (C=O) groups excluding carboxylic acids is 1. The smallest absolute Gasteiger partial charge is 0.305 e. The van der Waals surface area contributed by atoms with E-state index in [0.717, 1.165) is 18.4 Å². The average Bonchev–Trinajstić information content (AvgIpc) is 3.16. The van der Waals surface area contributed by atoms with E-state index < -0.39 is 5.97 Å². The van der Waals surface area contributed by atoms with E-state index in [9.17, 15) is 9.59 Å². The molecule has 7 heteroatoms. The zero-order chi connectivity index (χ0) is 16.4. The first-order valence-corrected chi connectivity index (χ1v) is 8.55. The van der Waals surface area contributed by atoms with E-state index in [-0.39, 0.29) is 18.4 Å². The molecule has 1 fully saturated rings. The number of likely N-dealkylation sites (tertiary alicyclic amines) is 1. The largest absolute Gasteiger partial charge is 0.481 e. The number of halogens is 1. The normalized spacial score (nSPS) is 17.4. The van der Waals surface area contributed by atoms with Crippen LogP contribution in [0.1, 0.15) is 29.8 Å². The van der Waals surface area contributed by atoms with Crippen LogP contribution in [0.15, 0.2) is 29.6 Å². The second-order valence-corrected chi connectivity index (χ2v) is 6.68. The number of aromatic nitrogens is 1. The Balaban J connectivity index is 1.81. The molecule has 1 unspecified atom stereocenters. The molecular formula is C16H15ClN2O3S. The number of carboxylic acids is 1. The lowest BCUT2D eigenvalue weighted by Crippen LogP contribution is -2.37. The summed E-state index contributed by atoms with van der Waals surface area (Å²) in [4.78, 5) is 29.6. The van der Waals surface area contributed by atoms with Crippen LogP contribution < -0.4 is 0 Å². The highest BCUT2D eigenvalue weighted by atomic mass is 35.5. The van der Waals surface area contributed by atoms with Crippen LogP contribution in [0.2, 0.25) is 5.02 Å². The minimum atomic E-state index is -0.885. The predicted octanol–water partition coefficient (Wildman–Crippen LogP) is 3.54. The number of carbonyl (C=O) groups is 2. The van der Waals surface area contributed by atoms with Crippen molar-refractivity contribution in [2.75, 3.05) is 6.54 Å². The SMILES string of the molecule is O=C(O)CC1CCCN1C(=O)c1csc(-c2ccccc2Cl)n1. The van der Waals surface area contributed by atoms with Crippen LogP contribution in [0.3, 0.4) is 0 Å². The topological polar surface area (TPSA) is 70.5 Å². The summed E-state index contributed by atoms with van der Waals surface area (Å²) in [5.41, 5.74) is 1.14. The number of hydrogen-bond donors (Lipinski definition) is 1. The summed E-state index contributed by atoms with van der Waals surface area (Å²) in [5.74, 6) is -1.09. The molecule has 3 rings (SSSR count). The number of carboxylic acid groups (broad SMARTS) is 1. The maximum atomic E-state index is 12.6. The van der Waals surface area contributed by atoms with Crippen molar-refractivity contribution < 1.29 is 14.7 Å². The molecule has 1 aromatic carbocycles. The summed E-state index contributed by atoms with van der Waals surface area (Å²) in [6.07, 6.45) is 1.53. The highest BCUT2D eigenvalue weighted by Gasteiger charge is 2.32. The number of amides is 1. The average molecular weight is 351 g/mol. The van der Waals surface area contributed by atoms with Crippen molar-refractivity contribution in [2.24, 2.45) is 0 Å². The lowest BCUT2D eigenvalue weighted by molar-refractivity contribution is -0.137. The number of thiazole rings is 1. The Hall–Kier alpha value is -1.92. The zero-order valence-electron chi connectivity index (χ0n) is 12.2. The van der Waals surface area contributed by atoms with Crippen LogP contribution in [0.4, 0.5) is 0 Å². The monoisotopic (exact) mass is 350 g/mol. The molecule has 2 aromatic rings. The van der Waals surface area contributed by atoms with Crippen LogP contribution in [-0.2, 0) is 4.79 Å². The molecule has 1 amide bonds. The van der Waals surface area contributed by atoms with Crippen molar-refractivity contribution in [3.63, 3.8) is 0 Å². The summed E-state index contributed by atoms with van der Waals surface area (Å²) >= 11 is 7.52. The molecule has 1 N–H and O–H groups in total. The highest BCUT2D eigenvalue weighted by molar-refractivity contribution is 7.13. The Morgan fingerprint density at radius 2 is 2.17 bits per heavy atom. The molecule has 0 radical (unpaired) electrons. The Kier molecular flexibility index (Phi) is 4.63. The third-order valence-electron chi connectivity index (χ3n) is 3.88. The van der Waals surface area contributed by atoms with E-state index in [1.165, 1.54) is 11.3 Å². The van der Waals surface area contributed by atoms with E-state index in [1.807, 2.05) is 18.2 Å². The number of rotatable bonds is 4. The molecule has 0 spiro atoms. The molecule has 23 heavy (non-hydrogen) atoms. The molecule has 0 saturated carbocycles. The van der Waals surface area contributed by atoms with Gasteiger partial charge in [0.05, 0.1) is 11.4 Å². The Morgan fingerprint density at radius 3 is 2.91 bits per heavy atom. The van der Waals surface area contributed by atoms with Crippen molar-refractivity contribution in [3.8, 4) is 10.6 Å². The van der Waals surface area contributed by atoms with Crippen LogP contribution in [-0.4, -0.2) is 39.5 Å². The molecule has 0 aliphatic carbocycles. The Labute approximate surface area is 142 Å². The number of benzene rings is 1.